The van der Waals surface area contributed by atoms with Crippen LogP contribution in [0.15, 0.2) is 70.4 Å². The van der Waals surface area contributed by atoms with Crippen LogP contribution in [0.5, 0.6) is 0 Å². The SMILES string of the molecule is O=C(CCNS(=O)(=O)c1ccc2[nH]c(=O)ccc2c1)NCc1ccccc1. The van der Waals surface area contributed by atoms with Crippen molar-refractivity contribution >= 4 is 26.8 Å². The van der Waals surface area contributed by atoms with Crippen molar-refractivity contribution in [3.8, 4) is 0 Å². The number of nitrogens with one attached hydrogen (secondary N) is 3. The lowest BCUT2D eigenvalue weighted by Gasteiger charge is -2.08. The zero-order valence-corrected chi connectivity index (χ0v) is 15.3. The van der Waals surface area contributed by atoms with Crippen molar-refractivity contribution in [3.63, 3.8) is 0 Å². The molecule has 0 radical (unpaired) electrons. The quantitative estimate of drug-likeness (QED) is 0.573. The van der Waals surface area contributed by atoms with E-state index in [2.05, 4.69) is 15.0 Å². The van der Waals surface area contributed by atoms with Gasteiger partial charge in [-0.3, -0.25) is 9.59 Å². The van der Waals surface area contributed by atoms with E-state index in [-0.39, 0.29) is 29.3 Å². The van der Waals surface area contributed by atoms with Crippen molar-refractivity contribution in [1.29, 1.82) is 0 Å². The second kappa shape index (κ2) is 8.15. The largest absolute Gasteiger partial charge is 0.352 e. The lowest BCUT2D eigenvalue weighted by atomic mass is 10.2. The van der Waals surface area contributed by atoms with E-state index in [0.29, 0.717) is 17.4 Å². The Morgan fingerprint density at radius 1 is 1.00 bits per heavy atom. The van der Waals surface area contributed by atoms with Gasteiger partial charge in [-0.25, -0.2) is 13.1 Å². The number of aromatic nitrogens is 1. The summed E-state index contributed by atoms with van der Waals surface area (Å²) in [6, 6.07) is 16.8. The third-order valence-electron chi connectivity index (χ3n) is 3.98. The van der Waals surface area contributed by atoms with E-state index < -0.39 is 10.0 Å². The third-order valence-corrected chi connectivity index (χ3v) is 5.44. The van der Waals surface area contributed by atoms with Gasteiger partial charge in [-0.2, -0.15) is 0 Å². The molecule has 3 N–H and O–H groups in total. The summed E-state index contributed by atoms with van der Waals surface area (Å²) in [6.07, 6.45) is 0.0347. The van der Waals surface area contributed by atoms with Gasteiger partial charge >= 0.3 is 0 Å². The van der Waals surface area contributed by atoms with Gasteiger partial charge in [-0.1, -0.05) is 30.3 Å². The molecule has 0 saturated heterocycles. The second-order valence-corrected chi connectivity index (χ2v) is 7.75. The van der Waals surface area contributed by atoms with Gasteiger partial charge in [0.2, 0.25) is 21.5 Å². The van der Waals surface area contributed by atoms with Crippen molar-refractivity contribution in [1.82, 2.24) is 15.0 Å². The van der Waals surface area contributed by atoms with E-state index in [9.17, 15) is 18.0 Å². The first-order valence-electron chi connectivity index (χ1n) is 8.37. The summed E-state index contributed by atoms with van der Waals surface area (Å²) in [4.78, 5) is 25.9. The van der Waals surface area contributed by atoms with Gasteiger partial charge in [0.15, 0.2) is 0 Å². The molecule has 8 heteroatoms. The Morgan fingerprint density at radius 3 is 2.56 bits per heavy atom. The van der Waals surface area contributed by atoms with E-state index >= 15 is 0 Å². The summed E-state index contributed by atoms with van der Waals surface area (Å²) in [6.45, 7) is 0.391. The molecular weight excluding hydrogens is 366 g/mol. The van der Waals surface area contributed by atoms with Gasteiger partial charge in [0.25, 0.3) is 0 Å². The van der Waals surface area contributed by atoms with E-state index in [1.165, 1.54) is 24.3 Å². The third kappa shape index (κ3) is 5.02. The molecule has 1 heterocycles. The van der Waals surface area contributed by atoms with Crippen LogP contribution >= 0.6 is 0 Å². The number of rotatable bonds is 7. The van der Waals surface area contributed by atoms with Gasteiger partial charge in [-0.05, 0) is 35.2 Å². The molecule has 7 nitrogen and oxygen atoms in total. The number of sulfonamides is 1. The van der Waals surface area contributed by atoms with Crippen molar-refractivity contribution in [2.45, 2.75) is 17.9 Å². The molecule has 3 aromatic rings. The van der Waals surface area contributed by atoms with Gasteiger partial charge < -0.3 is 10.3 Å². The van der Waals surface area contributed by atoms with Crippen molar-refractivity contribution in [3.05, 3.63) is 76.6 Å². The number of amides is 1. The number of H-pyrrole nitrogens is 1. The number of pyridine rings is 1. The maximum absolute atomic E-state index is 12.4. The van der Waals surface area contributed by atoms with Crippen LogP contribution in [-0.4, -0.2) is 25.9 Å². The van der Waals surface area contributed by atoms with E-state index in [1.807, 2.05) is 30.3 Å². The number of carbonyl (C=O) groups excluding carboxylic acids is 1. The van der Waals surface area contributed by atoms with Crippen molar-refractivity contribution < 1.29 is 13.2 Å². The lowest BCUT2D eigenvalue weighted by Crippen LogP contribution is -2.30. The number of hydrogen-bond acceptors (Lipinski definition) is 4. The molecule has 0 aliphatic heterocycles. The van der Waals surface area contributed by atoms with E-state index in [0.717, 1.165) is 5.56 Å². The summed E-state index contributed by atoms with van der Waals surface area (Å²) in [7, 11) is -3.75. The molecule has 0 unspecified atom stereocenters. The summed E-state index contributed by atoms with van der Waals surface area (Å²) in [5.74, 6) is -0.238. The molecule has 0 fully saturated rings. The first-order valence-corrected chi connectivity index (χ1v) is 9.86. The Kier molecular flexibility index (Phi) is 5.68. The predicted octanol–water partition coefficient (Wildman–Crippen LogP) is 1.51. The van der Waals surface area contributed by atoms with Gasteiger partial charge in [0.05, 0.1) is 4.90 Å². The van der Waals surface area contributed by atoms with Crippen LogP contribution in [0.4, 0.5) is 0 Å². The van der Waals surface area contributed by atoms with Gasteiger partial charge in [0, 0.05) is 31.1 Å². The molecule has 140 valence electrons. The number of benzene rings is 2. The Bertz CT molecular complexity index is 1110. The lowest BCUT2D eigenvalue weighted by molar-refractivity contribution is -0.121. The Balaban J connectivity index is 1.56. The van der Waals surface area contributed by atoms with Crippen LogP contribution in [0.3, 0.4) is 0 Å². The molecule has 0 bridgehead atoms. The molecule has 0 aliphatic carbocycles. The fourth-order valence-corrected chi connectivity index (χ4v) is 3.63. The standard InChI is InChI=1S/C19H19N3O4S/c23-18(20-13-14-4-2-1-3-5-14)10-11-21-27(25,26)16-7-8-17-15(12-16)6-9-19(24)22-17/h1-9,12,21H,10-11,13H2,(H,20,23)(H,22,24). The van der Waals surface area contributed by atoms with E-state index in [4.69, 9.17) is 0 Å². The average molecular weight is 385 g/mol. The van der Waals surface area contributed by atoms with Crippen LogP contribution in [0.2, 0.25) is 0 Å². The van der Waals surface area contributed by atoms with Crippen LogP contribution in [0.25, 0.3) is 10.9 Å². The molecule has 0 saturated carbocycles. The Morgan fingerprint density at radius 2 is 1.78 bits per heavy atom. The van der Waals surface area contributed by atoms with Crippen molar-refractivity contribution in [2.75, 3.05) is 6.54 Å². The Labute approximate surface area is 156 Å². The fraction of sp³-hybridized carbons (Fsp3) is 0.158. The normalized spacial score (nSPS) is 11.4. The number of carbonyl (C=O) groups is 1. The number of fused-ring (bicyclic) bond motifs is 1. The average Bonchev–Trinajstić information content (AvgIpc) is 2.66. The monoisotopic (exact) mass is 385 g/mol. The highest BCUT2D eigenvalue weighted by molar-refractivity contribution is 7.89. The van der Waals surface area contributed by atoms with Gasteiger partial charge in [0.1, 0.15) is 0 Å². The van der Waals surface area contributed by atoms with Crippen LogP contribution in [0, 0.1) is 0 Å². The second-order valence-electron chi connectivity index (χ2n) is 5.98. The topological polar surface area (TPSA) is 108 Å². The molecule has 27 heavy (non-hydrogen) atoms. The molecule has 0 atom stereocenters. The minimum atomic E-state index is -3.75. The molecule has 3 rings (SSSR count). The zero-order valence-electron chi connectivity index (χ0n) is 14.4. The summed E-state index contributed by atoms with van der Waals surface area (Å²) < 4.78 is 27.2. The minimum absolute atomic E-state index is 0.00733. The molecule has 1 amide bonds. The van der Waals surface area contributed by atoms with Gasteiger partial charge in [-0.15, -0.1) is 0 Å². The van der Waals surface area contributed by atoms with Crippen LogP contribution < -0.4 is 15.6 Å². The highest BCUT2D eigenvalue weighted by Gasteiger charge is 2.15. The van der Waals surface area contributed by atoms with Crippen LogP contribution in [-0.2, 0) is 21.4 Å². The first kappa shape index (κ1) is 18.8. The predicted molar refractivity (Wildman–Crippen MR) is 103 cm³/mol. The first-order chi connectivity index (χ1) is 12.9. The van der Waals surface area contributed by atoms with E-state index in [1.54, 1.807) is 6.07 Å². The highest BCUT2D eigenvalue weighted by atomic mass is 32.2. The van der Waals surface area contributed by atoms with Crippen LogP contribution in [0.1, 0.15) is 12.0 Å². The maximum Gasteiger partial charge on any atom is 0.248 e. The summed E-state index contributed by atoms with van der Waals surface area (Å²) >= 11 is 0. The number of aromatic amines is 1. The molecule has 1 aromatic heterocycles. The molecule has 0 aliphatic rings. The smallest absolute Gasteiger partial charge is 0.248 e. The molecule has 2 aromatic carbocycles. The fourth-order valence-electron chi connectivity index (χ4n) is 2.57. The Hall–Kier alpha value is -2.97. The minimum Gasteiger partial charge on any atom is -0.352 e. The molecular formula is C19H19N3O4S. The maximum atomic E-state index is 12.4. The number of hydrogen-bond donors (Lipinski definition) is 3. The van der Waals surface area contributed by atoms with Crippen molar-refractivity contribution in [2.24, 2.45) is 0 Å². The highest BCUT2D eigenvalue weighted by Crippen LogP contribution is 2.16. The summed E-state index contributed by atoms with van der Waals surface area (Å²) in [5.41, 5.74) is 1.28. The zero-order chi connectivity index (χ0) is 19.3. The summed E-state index contributed by atoms with van der Waals surface area (Å²) in [5, 5.41) is 3.36. The molecule has 0 spiro atoms.